The van der Waals surface area contributed by atoms with Crippen LogP contribution in [0.25, 0.3) is 0 Å². The van der Waals surface area contributed by atoms with Gasteiger partial charge in [0.1, 0.15) is 17.3 Å². The predicted octanol–water partition coefficient (Wildman–Crippen LogP) is 2.82. The van der Waals surface area contributed by atoms with Crippen LogP contribution in [-0.2, 0) is 6.54 Å². The zero-order chi connectivity index (χ0) is 13.3. The van der Waals surface area contributed by atoms with Crippen molar-refractivity contribution in [3.8, 4) is 0 Å². The number of halogens is 2. The van der Waals surface area contributed by atoms with Crippen LogP contribution in [0.1, 0.15) is 21.6 Å². The molecule has 94 valence electrons. The van der Waals surface area contributed by atoms with Crippen molar-refractivity contribution in [3.05, 3.63) is 58.9 Å². The Bertz CT molecular complexity index is 585. The molecule has 0 saturated carbocycles. The third-order valence-electron chi connectivity index (χ3n) is 2.64. The number of rotatable bonds is 3. The standard InChI is InChI=1S/C13H11F2NO2/c1-8-2-3-16(12(8)13(17)18)7-9-4-10(14)6-11(15)5-9/h2-6H,7H2,1H3,(H,17,18). The molecule has 0 bridgehead atoms. The van der Waals surface area contributed by atoms with Crippen molar-refractivity contribution in [2.24, 2.45) is 0 Å². The maximum absolute atomic E-state index is 13.0. The number of hydrogen-bond acceptors (Lipinski definition) is 1. The molecule has 0 aliphatic carbocycles. The van der Waals surface area contributed by atoms with Crippen LogP contribution < -0.4 is 0 Å². The quantitative estimate of drug-likeness (QED) is 0.911. The van der Waals surface area contributed by atoms with Gasteiger partial charge >= 0.3 is 5.97 Å². The molecule has 2 rings (SSSR count). The Balaban J connectivity index is 2.37. The van der Waals surface area contributed by atoms with E-state index in [0.29, 0.717) is 11.1 Å². The number of carboxylic acids is 1. The fourth-order valence-corrected chi connectivity index (χ4v) is 1.90. The van der Waals surface area contributed by atoms with E-state index in [0.717, 1.165) is 6.07 Å². The molecule has 3 nitrogen and oxygen atoms in total. The van der Waals surface area contributed by atoms with Crippen LogP contribution in [0.3, 0.4) is 0 Å². The molecule has 18 heavy (non-hydrogen) atoms. The summed E-state index contributed by atoms with van der Waals surface area (Å²) in [5.41, 5.74) is 1.12. The number of carbonyl (C=O) groups is 1. The minimum Gasteiger partial charge on any atom is -0.477 e. The zero-order valence-corrected chi connectivity index (χ0v) is 9.65. The lowest BCUT2D eigenvalue weighted by Crippen LogP contribution is -2.10. The first-order valence-corrected chi connectivity index (χ1v) is 5.31. The summed E-state index contributed by atoms with van der Waals surface area (Å²) >= 11 is 0. The molecule has 5 heteroatoms. The molecule has 1 heterocycles. The smallest absolute Gasteiger partial charge is 0.352 e. The first-order valence-electron chi connectivity index (χ1n) is 5.31. The zero-order valence-electron chi connectivity index (χ0n) is 9.65. The van der Waals surface area contributed by atoms with Crippen LogP contribution in [-0.4, -0.2) is 15.6 Å². The van der Waals surface area contributed by atoms with Gasteiger partial charge in [-0.15, -0.1) is 0 Å². The van der Waals surface area contributed by atoms with Gasteiger partial charge in [-0.25, -0.2) is 13.6 Å². The molecule has 2 aromatic rings. The molecule has 0 aliphatic rings. The third kappa shape index (κ3) is 2.40. The maximum Gasteiger partial charge on any atom is 0.352 e. The number of benzene rings is 1. The highest BCUT2D eigenvalue weighted by molar-refractivity contribution is 5.87. The van der Waals surface area contributed by atoms with E-state index in [1.54, 1.807) is 19.2 Å². The average molecular weight is 251 g/mol. The number of carboxylic acid groups (broad SMARTS) is 1. The van der Waals surface area contributed by atoms with Crippen LogP contribution in [0.15, 0.2) is 30.5 Å². The van der Waals surface area contributed by atoms with Crippen molar-refractivity contribution in [1.82, 2.24) is 4.57 Å². The molecule has 0 spiro atoms. The van der Waals surface area contributed by atoms with Gasteiger partial charge in [0.05, 0.1) is 0 Å². The lowest BCUT2D eigenvalue weighted by molar-refractivity contribution is 0.0685. The second-order valence-corrected chi connectivity index (χ2v) is 4.06. The van der Waals surface area contributed by atoms with Gasteiger partial charge in [-0.2, -0.15) is 0 Å². The lowest BCUT2D eigenvalue weighted by Gasteiger charge is -2.07. The molecule has 1 aromatic carbocycles. The van der Waals surface area contributed by atoms with Gasteiger partial charge in [0, 0.05) is 18.8 Å². The minimum absolute atomic E-state index is 0.115. The molecule has 0 fully saturated rings. The SMILES string of the molecule is Cc1ccn(Cc2cc(F)cc(F)c2)c1C(=O)O. The van der Waals surface area contributed by atoms with Crippen molar-refractivity contribution >= 4 is 5.97 Å². The largest absolute Gasteiger partial charge is 0.477 e. The van der Waals surface area contributed by atoms with Crippen molar-refractivity contribution in [2.45, 2.75) is 13.5 Å². The van der Waals surface area contributed by atoms with E-state index in [9.17, 15) is 13.6 Å². The second-order valence-electron chi connectivity index (χ2n) is 4.06. The summed E-state index contributed by atoms with van der Waals surface area (Å²) in [6.45, 7) is 1.79. The summed E-state index contributed by atoms with van der Waals surface area (Å²) in [5, 5.41) is 9.05. The highest BCUT2D eigenvalue weighted by Crippen LogP contribution is 2.14. The van der Waals surface area contributed by atoms with Crippen molar-refractivity contribution in [3.63, 3.8) is 0 Å². The Morgan fingerprint density at radius 1 is 1.28 bits per heavy atom. The van der Waals surface area contributed by atoms with E-state index in [4.69, 9.17) is 5.11 Å². The Morgan fingerprint density at radius 3 is 2.44 bits per heavy atom. The van der Waals surface area contributed by atoms with Gasteiger partial charge in [0.15, 0.2) is 0 Å². The number of aryl methyl sites for hydroxylation is 1. The summed E-state index contributed by atoms with van der Waals surface area (Å²) in [5.74, 6) is -2.41. The van der Waals surface area contributed by atoms with Crippen molar-refractivity contribution < 1.29 is 18.7 Å². The van der Waals surface area contributed by atoms with Gasteiger partial charge in [-0.3, -0.25) is 0 Å². The molecule has 0 aliphatic heterocycles. The van der Waals surface area contributed by atoms with E-state index in [1.165, 1.54) is 16.7 Å². The van der Waals surface area contributed by atoms with Crippen LogP contribution >= 0.6 is 0 Å². The first kappa shape index (κ1) is 12.3. The van der Waals surface area contributed by atoms with Gasteiger partial charge in [0.25, 0.3) is 0 Å². The topological polar surface area (TPSA) is 42.2 Å². The molecular weight excluding hydrogens is 240 g/mol. The molecule has 1 N–H and O–H groups in total. The molecule has 0 amide bonds. The van der Waals surface area contributed by atoms with Crippen LogP contribution in [0.4, 0.5) is 8.78 Å². The van der Waals surface area contributed by atoms with Crippen molar-refractivity contribution in [2.75, 3.05) is 0 Å². The summed E-state index contributed by atoms with van der Waals surface area (Å²) in [6.07, 6.45) is 1.58. The van der Waals surface area contributed by atoms with E-state index in [1.807, 2.05) is 0 Å². The van der Waals surface area contributed by atoms with E-state index >= 15 is 0 Å². The molecular formula is C13H11F2NO2. The summed E-state index contributed by atoms with van der Waals surface area (Å²) in [4.78, 5) is 11.1. The second kappa shape index (κ2) is 4.60. The summed E-state index contributed by atoms with van der Waals surface area (Å²) in [7, 11) is 0. The molecule has 0 saturated heterocycles. The third-order valence-corrected chi connectivity index (χ3v) is 2.64. The normalized spacial score (nSPS) is 10.6. The molecule has 0 atom stereocenters. The van der Waals surface area contributed by atoms with Crippen LogP contribution in [0.2, 0.25) is 0 Å². The van der Waals surface area contributed by atoms with Gasteiger partial charge in [0.2, 0.25) is 0 Å². The van der Waals surface area contributed by atoms with E-state index < -0.39 is 17.6 Å². The Kier molecular flexibility index (Phi) is 3.14. The lowest BCUT2D eigenvalue weighted by atomic mass is 10.2. The van der Waals surface area contributed by atoms with Gasteiger partial charge in [-0.05, 0) is 36.2 Å². The fraction of sp³-hybridized carbons (Fsp3) is 0.154. The highest BCUT2D eigenvalue weighted by atomic mass is 19.1. The number of aromatic carboxylic acids is 1. The van der Waals surface area contributed by atoms with E-state index in [-0.39, 0.29) is 12.2 Å². The Labute approximate surface area is 102 Å². The number of aromatic nitrogens is 1. The average Bonchev–Trinajstić information content (AvgIpc) is 2.57. The molecule has 1 aromatic heterocycles. The van der Waals surface area contributed by atoms with E-state index in [2.05, 4.69) is 0 Å². The Morgan fingerprint density at radius 2 is 1.89 bits per heavy atom. The van der Waals surface area contributed by atoms with Crippen LogP contribution in [0, 0.1) is 18.6 Å². The number of hydrogen-bond donors (Lipinski definition) is 1. The monoisotopic (exact) mass is 251 g/mol. The highest BCUT2D eigenvalue weighted by Gasteiger charge is 2.13. The van der Waals surface area contributed by atoms with Gasteiger partial charge in [-0.1, -0.05) is 0 Å². The molecule has 0 radical (unpaired) electrons. The number of nitrogens with zero attached hydrogens (tertiary/aromatic N) is 1. The molecule has 0 unspecified atom stereocenters. The summed E-state index contributed by atoms with van der Waals surface area (Å²) < 4.78 is 27.5. The predicted molar refractivity (Wildman–Crippen MR) is 61.6 cm³/mol. The fourth-order valence-electron chi connectivity index (χ4n) is 1.90. The minimum atomic E-state index is -1.06. The maximum atomic E-state index is 13.0. The van der Waals surface area contributed by atoms with Crippen molar-refractivity contribution in [1.29, 1.82) is 0 Å². The Hall–Kier alpha value is -2.17. The van der Waals surface area contributed by atoms with Crippen LogP contribution in [0.5, 0.6) is 0 Å². The van der Waals surface area contributed by atoms with Gasteiger partial charge < -0.3 is 9.67 Å². The first-order chi connectivity index (χ1) is 8.47. The summed E-state index contributed by atoms with van der Waals surface area (Å²) in [6, 6.07) is 4.80.